The van der Waals surface area contributed by atoms with Crippen molar-refractivity contribution in [3.63, 3.8) is 0 Å². The van der Waals surface area contributed by atoms with E-state index < -0.39 is 11.3 Å². The lowest BCUT2D eigenvalue weighted by molar-refractivity contribution is 0.198. The van der Waals surface area contributed by atoms with Crippen LogP contribution in [-0.2, 0) is 24.7 Å². The molecule has 1 aliphatic rings. The zero-order valence-corrected chi connectivity index (χ0v) is 16.5. The highest BCUT2D eigenvalue weighted by Gasteiger charge is 2.50. The number of fused-ring (bicyclic) bond motifs is 1. The van der Waals surface area contributed by atoms with Gasteiger partial charge in [-0.1, -0.05) is 84.9 Å². The second-order valence-electron chi connectivity index (χ2n) is 7.98. The van der Waals surface area contributed by atoms with Gasteiger partial charge in [-0.3, -0.25) is 0 Å². The fraction of sp³-hybridized carbons (Fsp3) is 0.259. The predicted molar refractivity (Wildman–Crippen MR) is 115 cm³/mol. The van der Waals surface area contributed by atoms with E-state index >= 15 is 0 Å². The Kier molecular flexibility index (Phi) is 5.46. The van der Waals surface area contributed by atoms with Crippen LogP contribution in [0.2, 0.25) is 0 Å². The van der Waals surface area contributed by atoms with Crippen LogP contribution in [0.25, 0.3) is 0 Å². The lowest BCUT2D eigenvalue weighted by Gasteiger charge is -2.47. The Hall–Kier alpha value is -3.36. The zero-order valence-electron chi connectivity index (χ0n) is 16.5. The zero-order chi connectivity index (χ0) is 20.1. The van der Waals surface area contributed by atoms with Gasteiger partial charge in [0.05, 0.1) is 12.1 Å². The Morgan fingerprint density at radius 2 is 1.38 bits per heavy atom. The van der Waals surface area contributed by atoms with Gasteiger partial charge in [0.1, 0.15) is 5.92 Å². The topological polar surface area (TPSA) is 47.6 Å². The molecule has 0 N–H and O–H groups in total. The van der Waals surface area contributed by atoms with Crippen molar-refractivity contribution >= 4 is 0 Å². The Morgan fingerprint density at radius 1 is 0.793 bits per heavy atom. The SMILES string of the molecule is N#CC(C#N)[C@@]1(Cc2ccccc2)c2ccccc2CC[C@@H]1Cc1ccccc1. The van der Waals surface area contributed by atoms with Gasteiger partial charge in [-0.15, -0.1) is 0 Å². The largest absolute Gasteiger partial charge is 0.197 e. The number of hydrogen-bond acceptors (Lipinski definition) is 2. The first kappa shape index (κ1) is 19.0. The van der Waals surface area contributed by atoms with Crippen molar-refractivity contribution in [2.24, 2.45) is 11.8 Å². The van der Waals surface area contributed by atoms with Gasteiger partial charge in [0, 0.05) is 5.41 Å². The molecule has 0 heterocycles. The molecule has 0 spiro atoms. The molecule has 3 aromatic rings. The number of rotatable bonds is 5. The summed E-state index contributed by atoms with van der Waals surface area (Å²) in [5, 5.41) is 20.1. The van der Waals surface area contributed by atoms with Crippen molar-refractivity contribution in [1.82, 2.24) is 0 Å². The predicted octanol–water partition coefficient (Wildman–Crippen LogP) is 5.64. The standard InChI is InChI=1S/C27H24N2/c28-19-25(20-29)27(18-22-11-5-2-6-12-22)24(17-21-9-3-1-4-10-21)16-15-23-13-7-8-14-26(23)27/h1-14,24-25H,15-18H2/t24-,27+/m1/s1. The average molecular weight is 377 g/mol. The molecule has 2 atom stereocenters. The summed E-state index contributed by atoms with van der Waals surface area (Å²) in [5.41, 5.74) is 4.39. The van der Waals surface area contributed by atoms with Gasteiger partial charge in [0.15, 0.2) is 0 Å². The van der Waals surface area contributed by atoms with E-state index in [0.29, 0.717) is 6.42 Å². The molecule has 0 aromatic heterocycles. The molecule has 142 valence electrons. The first-order valence-electron chi connectivity index (χ1n) is 10.2. The molecule has 0 fully saturated rings. The molecule has 0 saturated heterocycles. The Labute approximate surface area is 173 Å². The fourth-order valence-electron chi connectivity index (χ4n) is 5.11. The van der Waals surface area contributed by atoms with Crippen LogP contribution in [0, 0.1) is 34.5 Å². The van der Waals surface area contributed by atoms with E-state index in [0.717, 1.165) is 19.3 Å². The molecule has 29 heavy (non-hydrogen) atoms. The van der Waals surface area contributed by atoms with Crippen molar-refractivity contribution < 1.29 is 0 Å². The average Bonchev–Trinajstić information content (AvgIpc) is 2.78. The van der Waals surface area contributed by atoms with E-state index in [1.165, 1.54) is 22.3 Å². The van der Waals surface area contributed by atoms with Crippen molar-refractivity contribution in [2.75, 3.05) is 0 Å². The number of nitriles is 2. The van der Waals surface area contributed by atoms with Crippen LogP contribution in [-0.4, -0.2) is 0 Å². The summed E-state index contributed by atoms with van der Waals surface area (Å²) in [7, 11) is 0. The summed E-state index contributed by atoms with van der Waals surface area (Å²) in [6.45, 7) is 0. The highest BCUT2D eigenvalue weighted by Crippen LogP contribution is 2.50. The third-order valence-electron chi connectivity index (χ3n) is 6.45. The molecule has 2 nitrogen and oxygen atoms in total. The quantitative estimate of drug-likeness (QED) is 0.579. The molecular formula is C27H24N2. The molecule has 0 amide bonds. The highest BCUT2D eigenvalue weighted by molar-refractivity contribution is 5.44. The van der Waals surface area contributed by atoms with Crippen LogP contribution in [0.5, 0.6) is 0 Å². The monoisotopic (exact) mass is 376 g/mol. The second-order valence-corrected chi connectivity index (χ2v) is 7.98. The third-order valence-corrected chi connectivity index (χ3v) is 6.45. The fourth-order valence-corrected chi connectivity index (χ4v) is 5.11. The van der Waals surface area contributed by atoms with E-state index in [9.17, 15) is 10.5 Å². The number of hydrogen-bond donors (Lipinski definition) is 0. The van der Waals surface area contributed by atoms with Crippen molar-refractivity contribution in [1.29, 1.82) is 10.5 Å². The van der Waals surface area contributed by atoms with Crippen molar-refractivity contribution in [3.8, 4) is 12.1 Å². The second kappa shape index (κ2) is 8.34. The van der Waals surface area contributed by atoms with Gasteiger partial charge < -0.3 is 0 Å². The molecule has 0 aliphatic heterocycles. The maximum atomic E-state index is 10.1. The van der Waals surface area contributed by atoms with Crippen LogP contribution in [0.3, 0.4) is 0 Å². The summed E-state index contributed by atoms with van der Waals surface area (Å²) in [6.07, 6.45) is 3.56. The van der Waals surface area contributed by atoms with Gasteiger partial charge in [0.25, 0.3) is 0 Å². The maximum absolute atomic E-state index is 10.1. The van der Waals surface area contributed by atoms with Crippen LogP contribution in [0.4, 0.5) is 0 Å². The smallest absolute Gasteiger partial charge is 0.143 e. The first-order valence-corrected chi connectivity index (χ1v) is 10.2. The number of benzene rings is 3. The van der Waals surface area contributed by atoms with E-state index in [4.69, 9.17) is 0 Å². The Morgan fingerprint density at radius 3 is 2.03 bits per heavy atom. The van der Waals surface area contributed by atoms with Crippen LogP contribution < -0.4 is 0 Å². The molecular weight excluding hydrogens is 352 g/mol. The first-order chi connectivity index (χ1) is 14.3. The van der Waals surface area contributed by atoms with Gasteiger partial charge >= 0.3 is 0 Å². The normalized spacial score (nSPS) is 20.4. The number of aryl methyl sites for hydroxylation is 1. The minimum atomic E-state index is -0.696. The lowest BCUT2D eigenvalue weighted by atomic mass is 9.54. The third kappa shape index (κ3) is 3.55. The summed E-state index contributed by atoms with van der Waals surface area (Å²) >= 11 is 0. The molecule has 3 aromatic carbocycles. The van der Waals surface area contributed by atoms with Gasteiger partial charge in [-0.25, -0.2) is 0 Å². The van der Waals surface area contributed by atoms with Gasteiger partial charge in [0.2, 0.25) is 0 Å². The van der Waals surface area contributed by atoms with E-state index in [2.05, 4.69) is 72.8 Å². The van der Waals surface area contributed by atoms with Crippen LogP contribution in [0.1, 0.15) is 28.7 Å². The molecule has 0 bridgehead atoms. The summed E-state index contributed by atoms with van der Waals surface area (Å²) in [6, 6.07) is 34.0. The molecule has 0 unspecified atom stereocenters. The molecule has 1 aliphatic carbocycles. The minimum Gasteiger partial charge on any atom is -0.197 e. The molecule has 4 rings (SSSR count). The van der Waals surface area contributed by atoms with E-state index in [-0.39, 0.29) is 5.92 Å². The van der Waals surface area contributed by atoms with E-state index in [1.807, 2.05) is 24.3 Å². The summed E-state index contributed by atoms with van der Waals surface area (Å²) in [4.78, 5) is 0. The lowest BCUT2D eigenvalue weighted by Crippen LogP contribution is -2.47. The van der Waals surface area contributed by atoms with Gasteiger partial charge in [-0.05, 0) is 53.9 Å². The van der Waals surface area contributed by atoms with E-state index in [1.54, 1.807) is 0 Å². The summed E-state index contributed by atoms with van der Waals surface area (Å²) < 4.78 is 0. The highest BCUT2D eigenvalue weighted by atomic mass is 14.5. The molecule has 0 radical (unpaired) electrons. The Balaban J connectivity index is 1.89. The molecule has 0 saturated carbocycles. The maximum Gasteiger partial charge on any atom is 0.143 e. The van der Waals surface area contributed by atoms with Crippen molar-refractivity contribution in [3.05, 3.63) is 107 Å². The van der Waals surface area contributed by atoms with Crippen LogP contribution >= 0.6 is 0 Å². The molecule has 2 heteroatoms. The number of nitrogens with zero attached hydrogens (tertiary/aromatic N) is 2. The van der Waals surface area contributed by atoms with Crippen LogP contribution in [0.15, 0.2) is 84.9 Å². The summed E-state index contributed by atoms with van der Waals surface area (Å²) in [5.74, 6) is -0.470. The van der Waals surface area contributed by atoms with Gasteiger partial charge in [-0.2, -0.15) is 10.5 Å². The minimum absolute atomic E-state index is 0.226. The van der Waals surface area contributed by atoms with Crippen molar-refractivity contribution in [2.45, 2.75) is 31.1 Å². The Bertz CT molecular complexity index is 1030.